The third kappa shape index (κ3) is 2.81. The highest BCUT2D eigenvalue weighted by Crippen LogP contribution is 2.47. The monoisotopic (exact) mass is 299 g/mol. The van der Waals surface area contributed by atoms with Gasteiger partial charge in [0.05, 0.1) is 17.6 Å². The molecule has 1 fully saturated rings. The second kappa shape index (κ2) is 5.29. The molecule has 2 nitrogen and oxygen atoms in total. The highest BCUT2D eigenvalue weighted by atomic mass is 19.4. The molecule has 1 heterocycles. The van der Waals surface area contributed by atoms with Crippen LogP contribution in [-0.2, 0) is 6.42 Å². The Morgan fingerprint density at radius 2 is 2.00 bits per heavy atom. The van der Waals surface area contributed by atoms with Gasteiger partial charge in [-0.25, -0.2) is 0 Å². The Morgan fingerprint density at radius 3 is 2.76 bits per heavy atom. The van der Waals surface area contributed by atoms with Crippen molar-refractivity contribution in [3.8, 4) is 0 Å². The maximum absolute atomic E-state index is 13.0. The van der Waals surface area contributed by atoms with Gasteiger partial charge in [0.15, 0.2) is 0 Å². The maximum atomic E-state index is 13.0. The number of alkyl halides is 3. The minimum atomic E-state index is -4.22. The fraction of sp³-hybridized carbons (Fsp3) is 0.625. The lowest BCUT2D eigenvalue weighted by Crippen LogP contribution is -2.51. The second-order valence-electron chi connectivity index (χ2n) is 6.27. The molecule has 0 amide bonds. The lowest BCUT2D eigenvalue weighted by atomic mass is 9.70. The van der Waals surface area contributed by atoms with E-state index in [0.717, 1.165) is 17.5 Å². The zero-order valence-corrected chi connectivity index (χ0v) is 11.8. The number of fused-ring (bicyclic) bond motifs is 1. The molecule has 0 saturated heterocycles. The lowest BCUT2D eigenvalue weighted by Gasteiger charge is -2.45. The SMILES string of the molecule is OC1(C2NCCc3ccccc32)CCCC(C(F)(F)F)C1. The van der Waals surface area contributed by atoms with Crippen LogP contribution in [0.15, 0.2) is 24.3 Å². The van der Waals surface area contributed by atoms with Crippen molar-refractivity contribution in [2.24, 2.45) is 5.92 Å². The summed E-state index contributed by atoms with van der Waals surface area (Å²) < 4.78 is 39.0. The molecule has 3 unspecified atom stereocenters. The van der Waals surface area contributed by atoms with Crippen LogP contribution in [0.3, 0.4) is 0 Å². The molecule has 1 aliphatic carbocycles. The molecule has 0 bridgehead atoms. The van der Waals surface area contributed by atoms with Crippen LogP contribution in [-0.4, -0.2) is 23.4 Å². The largest absolute Gasteiger partial charge is 0.391 e. The van der Waals surface area contributed by atoms with Crippen LogP contribution in [0.2, 0.25) is 0 Å². The summed E-state index contributed by atoms with van der Waals surface area (Å²) >= 11 is 0. The smallest absolute Gasteiger partial charge is 0.388 e. The number of rotatable bonds is 1. The van der Waals surface area contributed by atoms with E-state index in [-0.39, 0.29) is 12.8 Å². The van der Waals surface area contributed by atoms with Gasteiger partial charge in [-0.15, -0.1) is 0 Å². The molecule has 0 aromatic heterocycles. The highest BCUT2D eigenvalue weighted by molar-refractivity contribution is 5.34. The average molecular weight is 299 g/mol. The van der Waals surface area contributed by atoms with Crippen LogP contribution < -0.4 is 5.32 Å². The molecular formula is C16H20F3NO. The standard InChI is InChI=1S/C16H20F3NO/c17-16(18,19)12-5-3-8-15(21,10-12)14-13-6-2-1-4-11(13)7-9-20-14/h1-2,4,6,12,14,20-21H,3,5,7-10H2. The van der Waals surface area contributed by atoms with Crippen molar-refractivity contribution in [1.82, 2.24) is 5.32 Å². The van der Waals surface area contributed by atoms with Gasteiger partial charge in [0.1, 0.15) is 0 Å². The predicted molar refractivity (Wildman–Crippen MR) is 73.9 cm³/mol. The number of hydrogen-bond acceptors (Lipinski definition) is 2. The zero-order valence-electron chi connectivity index (χ0n) is 11.8. The fourth-order valence-corrected chi connectivity index (χ4v) is 3.81. The Hall–Kier alpha value is -1.07. The van der Waals surface area contributed by atoms with Crippen LogP contribution in [0.1, 0.15) is 42.9 Å². The first-order valence-corrected chi connectivity index (χ1v) is 7.50. The molecule has 5 heteroatoms. The van der Waals surface area contributed by atoms with Gasteiger partial charge in [-0.05, 0) is 49.8 Å². The van der Waals surface area contributed by atoms with E-state index in [4.69, 9.17) is 0 Å². The van der Waals surface area contributed by atoms with Crippen molar-refractivity contribution in [3.63, 3.8) is 0 Å². The van der Waals surface area contributed by atoms with Crippen LogP contribution in [0.4, 0.5) is 13.2 Å². The van der Waals surface area contributed by atoms with Crippen molar-refractivity contribution < 1.29 is 18.3 Å². The first-order valence-electron chi connectivity index (χ1n) is 7.50. The minimum absolute atomic E-state index is 0.125. The summed E-state index contributed by atoms with van der Waals surface area (Å²) in [4.78, 5) is 0. The predicted octanol–water partition coefficient (Wildman–Crippen LogP) is 3.36. The van der Waals surface area contributed by atoms with Gasteiger partial charge in [0, 0.05) is 0 Å². The number of benzene rings is 1. The Balaban J connectivity index is 1.89. The summed E-state index contributed by atoms with van der Waals surface area (Å²) in [6.45, 7) is 0.695. The van der Waals surface area contributed by atoms with Gasteiger partial charge in [-0.2, -0.15) is 13.2 Å². The quantitative estimate of drug-likeness (QED) is 0.833. The number of aliphatic hydroxyl groups is 1. The van der Waals surface area contributed by atoms with Crippen LogP contribution >= 0.6 is 0 Å². The molecule has 3 rings (SSSR count). The fourth-order valence-electron chi connectivity index (χ4n) is 3.81. The molecular weight excluding hydrogens is 279 g/mol. The molecule has 1 saturated carbocycles. The summed E-state index contributed by atoms with van der Waals surface area (Å²) in [6, 6.07) is 7.34. The van der Waals surface area contributed by atoms with Gasteiger partial charge in [0.25, 0.3) is 0 Å². The average Bonchev–Trinajstić information content (AvgIpc) is 2.46. The maximum Gasteiger partial charge on any atom is 0.391 e. The Kier molecular flexibility index (Phi) is 3.74. The lowest BCUT2D eigenvalue weighted by molar-refractivity contribution is -0.204. The summed E-state index contributed by atoms with van der Waals surface area (Å²) in [5, 5.41) is 14.2. The normalized spacial score (nSPS) is 33.5. The molecule has 0 spiro atoms. The van der Waals surface area contributed by atoms with Crippen molar-refractivity contribution >= 4 is 0 Å². The van der Waals surface area contributed by atoms with Crippen LogP contribution in [0.5, 0.6) is 0 Å². The molecule has 116 valence electrons. The molecule has 1 aliphatic heterocycles. The molecule has 1 aromatic carbocycles. The van der Waals surface area contributed by atoms with Gasteiger partial charge >= 0.3 is 6.18 Å². The number of nitrogens with one attached hydrogen (secondary N) is 1. The van der Waals surface area contributed by atoms with Gasteiger partial charge in [0.2, 0.25) is 0 Å². The van der Waals surface area contributed by atoms with Crippen LogP contribution in [0.25, 0.3) is 0 Å². The molecule has 21 heavy (non-hydrogen) atoms. The minimum Gasteiger partial charge on any atom is -0.388 e. The zero-order chi connectivity index (χ0) is 15.1. The van der Waals surface area contributed by atoms with E-state index < -0.39 is 23.7 Å². The Labute approximate surface area is 122 Å². The molecule has 1 aromatic rings. The van der Waals surface area contributed by atoms with Crippen molar-refractivity contribution in [1.29, 1.82) is 0 Å². The Bertz CT molecular complexity index is 516. The number of hydrogen-bond donors (Lipinski definition) is 2. The van der Waals surface area contributed by atoms with E-state index in [0.29, 0.717) is 19.4 Å². The summed E-state index contributed by atoms with van der Waals surface area (Å²) in [5.41, 5.74) is 0.771. The summed E-state index contributed by atoms with van der Waals surface area (Å²) in [5.74, 6) is -1.40. The van der Waals surface area contributed by atoms with E-state index in [9.17, 15) is 18.3 Å². The van der Waals surface area contributed by atoms with E-state index in [1.807, 2.05) is 24.3 Å². The molecule has 0 radical (unpaired) electrons. The highest BCUT2D eigenvalue weighted by Gasteiger charge is 2.50. The van der Waals surface area contributed by atoms with Gasteiger partial charge in [-0.3, -0.25) is 0 Å². The van der Waals surface area contributed by atoms with Crippen molar-refractivity contribution in [2.75, 3.05) is 6.54 Å². The third-order valence-corrected chi connectivity index (χ3v) is 4.87. The molecule has 3 atom stereocenters. The first kappa shape index (κ1) is 14.9. The van der Waals surface area contributed by atoms with E-state index in [1.165, 1.54) is 0 Å². The Morgan fingerprint density at radius 1 is 1.24 bits per heavy atom. The van der Waals surface area contributed by atoms with E-state index >= 15 is 0 Å². The van der Waals surface area contributed by atoms with E-state index in [1.54, 1.807) is 0 Å². The first-order chi connectivity index (χ1) is 9.90. The number of halogens is 3. The summed E-state index contributed by atoms with van der Waals surface area (Å²) in [7, 11) is 0. The van der Waals surface area contributed by atoms with Crippen molar-refractivity contribution in [2.45, 2.75) is 49.9 Å². The third-order valence-electron chi connectivity index (χ3n) is 4.87. The van der Waals surface area contributed by atoms with Gasteiger partial charge < -0.3 is 10.4 Å². The summed E-state index contributed by atoms with van der Waals surface area (Å²) in [6.07, 6.45) is -2.61. The van der Waals surface area contributed by atoms with Gasteiger partial charge in [-0.1, -0.05) is 24.3 Å². The van der Waals surface area contributed by atoms with Crippen molar-refractivity contribution in [3.05, 3.63) is 35.4 Å². The van der Waals surface area contributed by atoms with Crippen LogP contribution in [0, 0.1) is 5.92 Å². The second-order valence-corrected chi connectivity index (χ2v) is 6.27. The molecule has 2 N–H and O–H groups in total. The van der Waals surface area contributed by atoms with E-state index in [2.05, 4.69) is 5.32 Å². The molecule has 2 aliphatic rings. The topological polar surface area (TPSA) is 32.3 Å².